The van der Waals surface area contributed by atoms with Gasteiger partial charge in [0.25, 0.3) is 5.95 Å². The molecule has 0 radical (unpaired) electrons. The Bertz CT molecular complexity index is 539. The van der Waals surface area contributed by atoms with Crippen LogP contribution in [0.15, 0.2) is 12.7 Å². The third-order valence-electron chi connectivity index (χ3n) is 3.02. The predicted molar refractivity (Wildman–Crippen MR) is 81.7 cm³/mol. The zero-order chi connectivity index (χ0) is 15.1. The van der Waals surface area contributed by atoms with Crippen molar-refractivity contribution < 1.29 is 0 Å². The van der Waals surface area contributed by atoms with Crippen molar-refractivity contribution in [1.82, 2.24) is 29.7 Å². The van der Waals surface area contributed by atoms with Gasteiger partial charge < -0.3 is 10.2 Å². The van der Waals surface area contributed by atoms with Gasteiger partial charge in [-0.2, -0.15) is 24.7 Å². The van der Waals surface area contributed by atoms with E-state index in [-0.39, 0.29) is 0 Å². The lowest BCUT2D eigenvalue weighted by molar-refractivity contribution is 0.702. The number of unbranched alkanes of at least 4 members (excludes halogenated alkanes) is 1. The summed E-state index contributed by atoms with van der Waals surface area (Å²) in [7, 11) is 0. The molecular weight excluding hydrogens is 268 g/mol. The van der Waals surface area contributed by atoms with E-state index in [9.17, 15) is 0 Å². The summed E-state index contributed by atoms with van der Waals surface area (Å²) < 4.78 is 1.54. The molecule has 0 aromatic carbocycles. The van der Waals surface area contributed by atoms with Crippen molar-refractivity contribution in [3.8, 4) is 5.95 Å². The number of rotatable bonds is 8. The van der Waals surface area contributed by atoms with E-state index in [0.717, 1.165) is 32.5 Å². The van der Waals surface area contributed by atoms with E-state index in [0.29, 0.717) is 17.8 Å². The first kappa shape index (κ1) is 15.1. The van der Waals surface area contributed by atoms with E-state index in [1.54, 1.807) is 11.0 Å². The van der Waals surface area contributed by atoms with Crippen LogP contribution in [0.4, 0.5) is 11.9 Å². The van der Waals surface area contributed by atoms with E-state index in [1.807, 2.05) is 6.92 Å². The summed E-state index contributed by atoms with van der Waals surface area (Å²) in [5.74, 6) is 1.70. The van der Waals surface area contributed by atoms with Gasteiger partial charge in [-0.05, 0) is 20.3 Å². The van der Waals surface area contributed by atoms with Gasteiger partial charge in [0.15, 0.2) is 0 Å². The fraction of sp³-hybridized carbons (Fsp3) is 0.615. The smallest absolute Gasteiger partial charge is 0.258 e. The summed E-state index contributed by atoms with van der Waals surface area (Å²) in [6.45, 7) is 8.81. The molecule has 0 fully saturated rings. The quantitative estimate of drug-likeness (QED) is 0.788. The van der Waals surface area contributed by atoms with Crippen LogP contribution in [0.5, 0.6) is 0 Å². The van der Waals surface area contributed by atoms with Crippen molar-refractivity contribution in [3.05, 3.63) is 12.7 Å². The first-order valence-corrected chi connectivity index (χ1v) is 7.38. The van der Waals surface area contributed by atoms with Crippen LogP contribution in [0.2, 0.25) is 0 Å². The molecule has 0 atom stereocenters. The Balaban J connectivity index is 2.34. The first-order chi connectivity index (χ1) is 10.3. The van der Waals surface area contributed by atoms with Crippen LogP contribution >= 0.6 is 0 Å². The maximum absolute atomic E-state index is 4.51. The lowest BCUT2D eigenvalue weighted by Gasteiger charge is -2.21. The van der Waals surface area contributed by atoms with Crippen LogP contribution in [0, 0.1) is 0 Å². The lowest BCUT2D eigenvalue weighted by Crippen LogP contribution is -2.27. The van der Waals surface area contributed by atoms with Crippen molar-refractivity contribution in [2.24, 2.45) is 0 Å². The van der Waals surface area contributed by atoms with Gasteiger partial charge in [0.1, 0.15) is 12.7 Å². The molecule has 2 aromatic heterocycles. The number of hydrogen-bond acceptors (Lipinski definition) is 7. The molecule has 0 aliphatic heterocycles. The Morgan fingerprint density at radius 3 is 2.67 bits per heavy atom. The average Bonchev–Trinajstić information content (AvgIpc) is 3.02. The predicted octanol–water partition coefficient (Wildman–Crippen LogP) is 1.51. The van der Waals surface area contributed by atoms with Gasteiger partial charge in [-0.1, -0.05) is 13.3 Å². The monoisotopic (exact) mass is 290 g/mol. The third-order valence-corrected chi connectivity index (χ3v) is 3.02. The normalized spacial score (nSPS) is 10.6. The largest absolute Gasteiger partial charge is 0.354 e. The number of nitrogens with one attached hydrogen (secondary N) is 1. The van der Waals surface area contributed by atoms with Crippen LogP contribution in [0.25, 0.3) is 5.95 Å². The van der Waals surface area contributed by atoms with Crippen molar-refractivity contribution >= 4 is 11.9 Å². The second kappa shape index (κ2) is 7.51. The standard InChI is InChI=1S/C13H22N8/c1-4-7-8-20(6-3)12-17-11(15-5-2)18-13(19-12)21-10-14-9-16-21/h9-10H,4-8H2,1-3H3,(H,15,17,18,19). The molecule has 0 saturated carbocycles. The Hall–Kier alpha value is -2.25. The molecule has 0 aliphatic carbocycles. The lowest BCUT2D eigenvalue weighted by atomic mass is 10.3. The fourth-order valence-electron chi connectivity index (χ4n) is 1.89. The molecule has 2 aromatic rings. The third kappa shape index (κ3) is 3.87. The highest BCUT2D eigenvalue weighted by Gasteiger charge is 2.13. The van der Waals surface area contributed by atoms with E-state index < -0.39 is 0 Å². The summed E-state index contributed by atoms with van der Waals surface area (Å²) in [6, 6.07) is 0. The SMILES string of the molecule is CCCCN(CC)c1nc(NCC)nc(-n2cncn2)n1. The van der Waals surface area contributed by atoms with Gasteiger partial charge in [0, 0.05) is 19.6 Å². The highest BCUT2D eigenvalue weighted by Crippen LogP contribution is 2.13. The first-order valence-electron chi connectivity index (χ1n) is 7.38. The summed E-state index contributed by atoms with van der Waals surface area (Å²) in [6.07, 6.45) is 5.29. The zero-order valence-electron chi connectivity index (χ0n) is 12.8. The number of anilines is 2. The summed E-state index contributed by atoms with van der Waals surface area (Å²) in [4.78, 5) is 19.4. The van der Waals surface area contributed by atoms with Crippen molar-refractivity contribution in [3.63, 3.8) is 0 Å². The maximum Gasteiger partial charge on any atom is 0.258 e. The van der Waals surface area contributed by atoms with Gasteiger partial charge >= 0.3 is 0 Å². The van der Waals surface area contributed by atoms with Crippen molar-refractivity contribution in [2.45, 2.75) is 33.6 Å². The van der Waals surface area contributed by atoms with E-state index in [2.05, 4.69) is 49.1 Å². The molecule has 1 N–H and O–H groups in total. The van der Waals surface area contributed by atoms with E-state index in [1.165, 1.54) is 6.33 Å². The van der Waals surface area contributed by atoms with Gasteiger partial charge in [0.05, 0.1) is 0 Å². The molecular formula is C13H22N8. The van der Waals surface area contributed by atoms with Crippen molar-refractivity contribution in [1.29, 1.82) is 0 Å². The second-order valence-corrected chi connectivity index (χ2v) is 4.56. The minimum Gasteiger partial charge on any atom is -0.354 e. The van der Waals surface area contributed by atoms with Crippen LogP contribution in [0.1, 0.15) is 33.6 Å². The van der Waals surface area contributed by atoms with Gasteiger partial charge in [0.2, 0.25) is 11.9 Å². The number of aromatic nitrogens is 6. The molecule has 0 bridgehead atoms. The highest BCUT2D eigenvalue weighted by atomic mass is 15.4. The summed E-state index contributed by atoms with van der Waals surface area (Å²) >= 11 is 0. The minimum absolute atomic E-state index is 0.475. The highest BCUT2D eigenvalue weighted by molar-refractivity contribution is 5.39. The van der Waals surface area contributed by atoms with E-state index in [4.69, 9.17) is 0 Å². The molecule has 0 spiro atoms. The molecule has 0 aliphatic rings. The van der Waals surface area contributed by atoms with Gasteiger partial charge in [-0.15, -0.1) is 0 Å². The molecule has 0 saturated heterocycles. The Labute approximate surface area is 124 Å². The molecule has 114 valence electrons. The molecule has 0 amide bonds. The molecule has 8 heteroatoms. The summed E-state index contributed by atoms with van der Waals surface area (Å²) in [5, 5.41) is 7.22. The number of nitrogens with zero attached hydrogens (tertiary/aromatic N) is 7. The summed E-state index contributed by atoms with van der Waals surface area (Å²) in [5.41, 5.74) is 0. The van der Waals surface area contributed by atoms with Crippen LogP contribution < -0.4 is 10.2 Å². The van der Waals surface area contributed by atoms with Crippen LogP contribution in [0.3, 0.4) is 0 Å². The Morgan fingerprint density at radius 2 is 2.05 bits per heavy atom. The molecule has 2 rings (SSSR count). The minimum atomic E-state index is 0.475. The van der Waals surface area contributed by atoms with Crippen molar-refractivity contribution in [2.75, 3.05) is 29.9 Å². The van der Waals surface area contributed by atoms with Crippen LogP contribution in [-0.4, -0.2) is 49.4 Å². The maximum atomic E-state index is 4.51. The molecule has 8 nitrogen and oxygen atoms in total. The molecule has 21 heavy (non-hydrogen) atoms. The van der Waals surface area contributed by atoms with Crippen LogP contribution in [-0.2, 0) is 0 Å². The Morgan fingerprint density at radius 1 is 1.19 bits per heavy atom. The molecule has 0 unspecified atom stereocenters. The fourth-order valence-corrected chi connectivity index (χ4v) is 1.89. The second-order valence-electron chi connectivity index (χ2n) is 4.56. The molecule has 2 heterocycles. The Kier molecular flexibility index (Phi) is 5.42. The number of hydrogen-bond donors (Lipinski definition) is 1. The zero-order valence-corrected chi connectivity index (χ0v) is 12.8. The van der Waals surface area contributed by atoms with Gasteiger partial charge in [-0.3, -0.25) is 0 Å². The van der Waals surface area contributed by atoms with Gasteiger partial charge in [-0.25, -0.2) is 4.98 Å². The average molecular weight is 290 g/mol. The van der Waals surface area contributed by atoms with E-state index >= 15 is 0 Å². The topological polar surface area (TPSA) is 84.7 Å².